The molecule has 0 fully saturated rings. The molecule has 108 valence electrons. The fourth-order valence-corrected chi connectivity index (χ4v) is 2.12. The van der Waals surface area contributed by atoms with Crippen LogP contribution in [-0.2, 0) is 12.7 Å². The van der Waals surface area contributed by atoms with Crippen molar-refractivity contribution < 1.29 is 13.2 Å². The molecule has 3 nitrogen and oxygen atoms in total. The Kier molecular flexibility index (Phi) is 4.49. The Morgan fingerprint density at radius 3 is 2.45 bits per heavy atom. The second-order valence-electron chi connectivity index (χ2n) is 4.18. The van der Waals surface area contributed by atoms with Crippen LogP contribution in [0, 0.1) is 0 Å². The third kappa shape index (κ3) is 3.21. The van der Waals surface area contributed by atoms with Crippen LogP contribution < -0.4 is 5.32 Å². The largest absolute Gasteiger partial charge is 0.433 e. The van der Waals surface area contributed by atoms with E-state index in [2.05, 4.69) is 26.3 Å². The van der Waals surface area contributed by atoms with E-state index in [0.717, 1.165) is 9.15 Å². The number of aromatic nitrogens is 2. The number of hydrogen-bond donors (Lipinski definition) is 1. The average Bonchev–Trinajstić information content (AvgIpc) is 2.81. The molecular weight excluding hydrogens is 335 g/mol. The molecule has 1 aromatic carbocycles. The summed E-state index contributed by atoms with van der Waals surface area (Å²) in [4.78, 5) is 0. The molecule has 0 atom stereocenters. The minimum absolute atomic E-state index is 0.141. The molecule has 0 aliphatic heterocycles. The van der Waals surface area contributed by atoms with E-state index >= 15 is 0 Å². The molecular formula is C13H13BrF3N3. The molecule has 0 amide bonds. The van der Waals surface area contributed by atoms with Crippen molar-refractivity contribution in [2.45, 2.75) is 19.6 Å². The van der Waals surface area contributed by atoms with Gasteiger partial charge in [0.1, 0.15) is 0 Å². The molecule has 0 aliphatic carbocycles. The van der Waals surface area contributed by atoms with Crippen molar-refractivity contribution in [1.29, 1.82) is 0 Å². The first-order valence-corrected chi connectivity index (χ1v) is 6.83. The smallest absolute Gasteiger partial charge is 0.313 e. The van der Waals surface area contributed by atoms with E-state index in [1.54, 1.807) is 24.3 Å². The summed E-state index contributed by atoms with van der Waals surface area (Å²) >= 11 is 3.25. The van der Waals surface area contributed by atoms with Crippen molar-refractivity contribution in [2.24, 2.45) is 0 Å². The fourth-order valence-electron chi connectivity index (χ4n) is 1.85. The third-order valence-electron chi connectivity index (χ3n) is 2.75. The Bertz CT molecular complexity index is 576. The second kappa shape index (κ2) is 5.97. The van der Waals surface area contributed by atoms with Crippen LogP contribution in [0.2, 0.25) is 0 Å². The zero-order valence-corrected chi connectivity index (χ0v) is 12.3. The van der Waals surface area contributed by atoms with Crippen molar-refractivity contribution in [2.75, 3.05) is 6.54 Å². The molecule has 20 heavy (non-hydrogen) atoms. The third-order valence-corrected chi connectivity index (χ3v) is 3.28. The number of nitrogens with one attached hydrogen (secondary N) is 1. The lowest BCUT2D eigenvalue weighted by Gasteiger charge is -2.13. The highest BCUT2D eigenvalue weighted by molar-refractivity contribution is 9.10. The van der Waals surface area contributed by atoms with Crippen LogP contribution in [0.1, 0.15) is 18.2 Å². The number of benzene rings is 1. The maximum atomic E-state index is 13.2. The van der Waals surface area contributed by atoms with Gasteiger partial charge in [0.15, 0.2) is 5.69 Å². The highest BCUT2D eigenvalue weighted by Gasteiger charge is 2.38. The second-order valence-corrected chi connectivity index (χ2v) is 5.10. The first-order chi connectivity index (χ1) is 9.43. The maximum absolute atomic E-state index is 13.2. The number of alkyl halides is 3. The van der Waals surface area contributed by atoms with Crippen molar-refractivity contribution in [3.05, 3.63) is 46.2 Å². The molecule has 0 unspecified atom stereocenters. The first-order valence-electron chi connectivity index (χ1n) is 6.04. The van der Waals surface area contributed by atoms with Gasteiger partial charge in [-0.25, -0.2) is 4.68 Å². The Balaban J connectivity index is 2.47. The van der Waals surface area contributed by atoms with Crippen molar-refractivity contribution in [1.82, 2.24) is 15.1 Å². The molecule has 0 aliphatic rings. The molecule has 1 N–H and O–H groups in total. The SMILES string of the molecule is CCNCc1cnn(-c2ccc(Br)cc2)c1C(F)(F)F. The zero-order chi connectivity index (χ0) is 14.8. The van der Waals surface area contributed by atoms with Gasteiger partial charge in [-0.05, 0) is 30.8 Å². The van der Waals surface area contributed by atoms with Crippen LogP contribution in [0.3, 0.4) is 0 Å². The Hall–Kier alpha value is -1.34. The minimum atomic E-state index is -4.45. The average molecular weight is 348 g/mol. The Labute approximate surface area is 122 Å². The van der Waals surface area contributed by atoms with E-state index in [-0.39, 0.29) is 12.1 Å². The highest BCUT2D eigenvalue weighted by Crippen LogP contribution is 2.33. The number of halogens is 4. The molecule has 7 heteroatoms. The fraction of sp³-hybridized carbons (Fsp3) is 0.308. The van der Waals surface area contributed by atoms with E-state index < -0.39 is 11.9 Å². The molecule has 0 saturated heterocycles. The van der Waals surface area contributed by atoms with Crippen LogP contribution in [0.15, 0.2) is 34.9 Å². The summed E-state index contributed by atoms with van der Waals surface area (Å²) < 4.78 is 41.4. The predicted octanol–water partition coefficient (Wildman–Crippen LogP) is 3.76. The summed E-state index contributed by atoms with van der Waals surface area (Å²) in [6.07, 6.45) is -3.19. The summed E-state index contributed by atoms with van der Waals surface area (Å²) in [6, 6.07) is 6.54. The Morgan fingerprint density at radius 1 is 1.25 bits per heavy atom. The molecule has 0 saturated carbocycles. The van der Waals surface area contributed by atoms with Gasteiger partial charge in [0.2, 0.25) is 0 Å². The van der Waals surface area contributed by atoms with E-state index in [1.165, 1.54) is 6.20 Å². The summed E-state index contributed by atoms with van der Waals surface area (Å²) in [5, 5.41) is 6.77. The molecule has 1 heterocycles. The summed E-state index contributed by atoms with van der Waals surface area (Å²) in [6.45, 7) is 2.58. The molecule has 0 radical (unpaired) electrons. The topological polar surface area (TPSA) is 29.9 Å². The van der Waals surface area contributed by atoms with Crippen LogP contribution >= 0.6 is 15.9 Å². The van der Waals surface area contributed by atoms with E-state index in [4.69, 9.17) is 0 Å². The lowest BCUT2D eigenvalue weighted by Crippen LogP contribution is -2.19. The van der Waals surface area contributed by atoms with Gasteiger partial charge in [0.05, 0.1) is 11.9 Å². The minimum Gasteiger partial charge on any atom is -0.313 e. The van der Waals surface area contributed by atoms with E-state index in [0.29, 0.717) is 12.2 Å². The standard InChI is InChI=1S/C13H13BrF3N3/c1-2-18-7-9-8-19-20(12(9)13(15,16)17)11-5-3-10(14)4-6-11/h3-6,8,18H,2,7H2,1H3. The zero-order valence-electron chi connectivity index (χ0n) is 10.7. The van der Waals surface area contributed by atoms with Crippen molar-refractivity contribution in [3.63, 3.8) is 0 Å². The molecule has 0 spiro atoms. The van der Waals surface area contributed by atoms with Crippen LogP contribution in [0.4, 0.5) is 13.2 Å². The van der Waals surface area contributed by atoms with Gasteiger partial charge >= 0.3 is 6.18 Å². The van der Waals surface area contributed by atoms with Crippen LogP contribution in [0.5, 0.6) is 0 Å². The van der Waals surface area contributed by atoms with E-state index in [1.807, 2.05) is 6.92 Å². The van der Waals surface area contributed by atoms with Crippen molar-refractivity contribution in [3.8, 4) is 5.69 Å². The number of rotatable bonds is 4. The predicted molar refractivity (Wildman–Crippen MR) is 73.6 cm³/mol. The van der Waals surface area contributed by atoms with Gasteiger partial charge in [-0.2, -0.15) is 18.3 Å². The molecule has 2 aromatic rings. The van der Waals surface area contributed by atoms with Gasteiger partial charge in [-0.1, -0.05) is 22.9 Å². The molecule has 1 aromatic heterocycles. The summed E-state index contributed by atoms with van der Waals surface area (Å²) in [7, 11) is 0. The van der Waals surface area contributed by atoms with Crippen molar-refractivity contribution >= 4 is 15.9 Å². The normalized spacial score (nSPS) is 11.8. The monoisotopic (exact) mass is 347 g/mol. The summed E-state index contributed by atoms with van der Waals surface area (Å²) in [5.41, 5.74) is -0.216. The van der Waals surface area contributed by atoms with Crippen LogP contribution in [0.25, 0.3) is 5.69 Å². The lowest BCUT2D eigenvalue weighted by molar-refractivity contribution is -0.143. The molecule has 0 bridgehead atoms. The van der Waals surface area contributed by atoms with Gasteiger partial charge in [-0.3, -0.25) is 0 Å². The Morgan fingerprint density at radius 2 is 1.90 bits per heavy atom. The van der Waals surface area contributed by atoms with E-state index in [9.17, 15) is 13.2 Å². The quantitative estimate of drug-likeness (QED) is 0.912. The van der Waals surface area contributed by atoms with Gasteiger partial charge in [-0.15, -0.1) is 0 Å². The maximum Gasteiger partial charge on any atom is 0.433 e. The van der Waals surface area contributed by atoms with Gasteiger partial charge in [0, 0.05) is 16.6 Å². The van der Waals surface area contributed by atoms with Gasteiger partial charge < -0.3 is 5.32 Å². The van der Waals surface area contributed by atoms with Crippen LogP contribution in [-0.4, -0.2) is 16.3 Å². The molecule has 2 rings (SSSR count). The van der Waals surface area contributed by atoms with Gasteiger partial charge in [0.25, 0.3) is 0 Å². The summed E-state index contributed by atoms with van der Waals surface area (Å²) in [5.74, 6) is 0. The highest BCUT2D eigenvalue weighted by atomic mass is 79.9. The first kappa shape index (κ1) is 15.1. The lowest BCUT2D eigenvalue weighted by atomic mass is 10.2. The number of hydrogen-bond acceptors (Lipinski definition) is 2. The number of nitrogens with zero attached hydrogens (tertiary/aromatic N) is 2.